The zero-order valence-electron chi connectivity index (χ0n) is 12.5. The number of hydrogen-bond donors (Lipinski definition) is 2. The summed E-state index contributed by atoms with van der Waals surface area (Å²) in [6.45, 7) is 3.63. The minimum atomic E-state index is 0.0386. The van der Waals surface area contributed by atoms with Gasteiger partial charge in [-0.05, 0) is 38.3 Å². The highest BCUT2D eigenvalue weighted by molar-refractivity contribution is 5.83. The van der Waals surface area contributed by atoms with Crippen molar-refractivity contribution in [2.45, 2.75) is 51.7 Å². The molecule has 0 bridgehead atoms. The second-order valence-electron chi connectivity index (χ2n) is 5.82. The summed E-state index contributed by atoms with van der Waals surface area (Å²) in [6.07, 6.45) is 6.04. The minimum absolute atomic E-state index is 0.0386. The maximum Gasteiger partial charge on any atom is 0.217 e. The number of nitrogens with zero attached hydrogens (tertiary/aromatic N) is 1. The smallest absolute Gasteiger partial charge is 0.217 e. The minimum Gasteiger partial charge on any atom is -0.490 e. The van der Waals surface area contributed by atoms with Crippen LogP contribution in [0.5, 0.6) is 5.75 Å². The number of ether oxygens (including phenoxy) is 1. The van der Waals surface area contributed by atoms with E-state index < -0.39 is 0 Å². The maximum atomic E-state index is 11.2. The molecule has 1 aromatic heterocycles. The second-order valence-corrected chi connectivity index (χ2v) is 5.82. The summed E-state index contributed by atoms with van der Waals surface area (Å²) in [5.41, 5.74) is 2.14. The van der Waals surface area contributed by atoms with E-state index in [9.17, 15) is 4.79 Å². The van der Waals surface area contributed by atoms with Gasteiger partial charge in [-0.2, -0.15) is 5.10 Å². The normalized spacial score (nSPS) is 22.2. The van der Waals surface area contributed by atoms with Gasteiger partial charge in [0, 0.05) is 30.3 Å². The van der Waals surface area contributed by atoms with Gasteiger partial charge in [0.05, 0.1) is 11.7 Å². The molecule has 1 saturated carbocycles. The molecule has 112 valence electrons. The number of rotatable bonds is 3. The first-order valence-corrected chi connectivity index (χ1v) is 7.50. The van der Waals surface area contributed by atoms with Crippen molar-refractivity contribution < 1.29 is 9.53 Å². The lowest BCUT2D eigenvalue weighted by molar-refractivity contribution is -0.120. The van der Waals surface area contributed by atoms with Crippen molar-refractivity contribution in [1.82, 2.24) is 15.5 Å². The molecule has 5 nitrogen and oxygen atoms in total. The Morgan fingerprint density at radius 1 is 1.43 bits per heavy atom. The number of fused-ring (bicyclic) bond motifs is 1. The molecule has 0 radical (unpaired) electrons. The monoisotopic (exact) mass is 287 g/mol. The fourth-order valence-electron chi connectivity index (χ4n) is 3.12. The molecule has 1 aliphatic rings. The number of nitrogens with one attached hydrogen (secondary N) is 2. The predicted molar refractivity (Wildman–Crippen MR) is 81.3 cm³/mol. The first kappa shape index (κ1) is 13.9. The van der Waals surface area contributed by atoms with E-state index in [4.69, 9.17) is 4.74 Å². The van der Waals surface area contributed by atoms with Gasteiger partial charge in [0.2, 0.25) is 5.91 Å². The predicted octanol–water partition coefficient (Wildman–Crippen LogP) is 2.70. The fourth-order valence-corrected chi connectivity index (χ4v) is 3.12. The molecule has 2 N–H and O–H groups in total. The standard InChI is InChI=1S/C16H21N3O2/c1-10-14-9-17-19-15(14)6-7-16(10)21-13-5-3-4-12(8-13)18-11(2)20/h6-7,9,12-13H,3-5,8H2,1-2H3,(H,17,19)(H,18,20)/t12-,13-/m1/s1. The van der Waals surface area contributed by atoms with Crippen molar-refractivity contribution in [3.8, 4) is 5.75 Å². The lowest BCUT2D eigenvalue weighted by atomic mass is 9.92. The van der Waals surface area contributed by atoms with Crippen molar-refractivity contribution in [2.24, 2.45) is 0 Å². The van der Waals surface area contributed by atoms with Crippen LogP contribution in [0.4, 0.5) is 0 Å². The number of H-pyrrole nitrogens is 1. The molecule has 1 amide bonds. The summed E-state index contributed by atoms with van der Waals surface area (Å²) in [6, 6.07) is 4.23. The highest BCUT2D eigenvalue weighted by Gasteiger charge is 2.24. The summed E-state index contributed by atoms with van der Waals surface area (Å²) in [7, 11) is 0. The van der Waals surface area contributed by atoms with Gasteiger partial charge in [-0.1, -0.05) is 0 Å². The van der Waals surface area contributed by atoms with E-state index in [1.165, 1.54) is 0 Å². The third kappa shape index (κ3) is 3.01. The molecule has 3 rings (SSSR count). The number of benzene rings is 1. The molecule has 1 aliphatic carbocycles. The molecule has 0 spiro atoms. The second kappa shape index (κ2) is 5.76. The Kier molecular flexibility index (Phi) is 3.82. The SMILES string of the molecule is CC(=O)N[C@@H]1CCC[C@@H](Oc2ccc3[nH]ncc3c2C)C1. The summed E-state index contributed by atoms with van der Waals surface area (Å²) in [5.74, 6) is 0.953. The third-order valence-corrected chi connectivity index (χ3v) is 4.17. The molecule has 21 heavy (non-hydrogen) atoms. The molecule has 0 saturated heterocycles. The molecule has 0 unspecified atom stereocenters. The van der Waals surface area contributed by atoms with Gasteiger partial charge in [-0.3, -0.25) is 9.89 Å². The van der Waals surface area contributed by atoms with Gasteiger partial charge in [0.25, 0.3) is 0 Å². The van der Waals surface area contributed by atoms with Crippen LogP contribution in [0.2, 0.25) is 0 Å². The van der Waals surface area contributed by atoms with E-state index in [1.807, 2.05) is 18.3 Å². The van der Waals surface area contributed by atoms with Crippen LogP contribution < -0.4 is 10.1 Å². The van der Waals surface area contributed by atoms with Crippen LogP contribution in [-0.2, 0) is 4.79 Å². The fraction of sp³-hybridized carbons (Fsp3) is 0.500. The van der Waals surface area contributed by atoms with Crippen molar-refractivity contribution in [3.05, 3.63) is 23.9 Å². The summed E-state index contributed by atoms with van der Waals surface area (Å²) < 4.78 is 6.18. The maximum absolute atomic E-state index is 11.2. The van der Waals surface area contributed by atoms with E-state index in [1.54, 1.807) is 6.92 Å². The van der Waals surface area contributed by atoms with Gasteiger partial charge in [0.1, 0.15) is 11.9 Å². The number of aryl methyl sites for hydroxylation is 1. The number of aromatic nitrogens is 2. The molecule has 2 aromatic rings. The Morgan fingerprint density at radius 2 is 2.29 bits per heavy atom. The molecule has 2 atom stereocenters. The van der Waals surface area contributed by atoms with Crippen LogP contribution in [0.3, 0.4) is 0 Å². The van der Waals surface area contributed by atoms with Crippen molar-refractivity contribution in [1.29, 1.82) is 0 Å². The van der Waals surface area contributed by atoms with Gasteiger partial charge in [-0.15, -0.1) is 0 Å². The van der Waals surface area contributed by atoms with Crippen LogP contribution in [0.25, 0.3) is 10.9 Å². The van der Waals surface area contributed by atoms with Gasteiger partial charge in [-0.25, -0.2) is 0 Å². The Labute approximate surface area is 124 Å². The van der Waals surface area contributed by atoms with E-state index in [0.717, 1.165) is 47.9 Å². The van der Waals surface area contributed by atoms with Crippen molar-refractivity contribution >= 4 is 16.8 Å². The molecule has 0 aliphatic heterocycles. The van der Waals surface area contributed by atoms with Gasteiger partial charge >= 0.3 is 0 Å². The number of aromatic amines is 1. The first-order chi connectivity index (χ1) is 10.1. The molecule has 5 heteroatoms. The molecule has 1 aromatic carbocycles. The van der Waals surface area contributed by atoms with E-state index in [2.05, 4.69) is 22.4 Å². The van der Waals surface area contributed by atoms with E-state index in [-0.39, 0.29) is 18.1 Å². The van der Waals surface area contributed by atoms with Crippen LogP contribution >= 0.6 is 0 Å². The summed E-state index contributed by atoms with van der Waals surface area (Å²) >= 11 is 0. The lowest BCUT2D eigenvalue weighted by Crippen LogP contribution is -2.40. The van der Waals surface area contributed by atoms with Crippen molar-refractivity contribution in [3.63, 3.8) is 0 Å². The Bertz CT molecular complexity index is 650. The average molecular weight is 287 g/mol. The molecule has 1 fully saturated rings. The number of amides is 1. The van der Waals surface area contributed by atoms with Crippen LogP contribution in [-0.4, -0.2) is 28.3 Å². The summed E-state index contributed by atoms with van der Waals surface area (Å²) in [4.78, 5) is 11.2. The van der Waals surface area contributed by atoms with E-state index in [0.29, 0.717) is 0 Å². The largest absolute Gasteiger partial charge is 0.490 e. The van der Waals surface area contributed by atoms with Crippen LogP contribution in [0.1, 0.15) is 38.2 Å². The lowest BCUT2D eigenvalue weighted by Gasteiger charge is -2.30. The van der Waals surface area contributed by atoms with Crippen molar-refractivity contribution in [2.75, 3.05) is 0 Å². The Hall–Kier alpha value is -2.04. The molecular formula is C16H21N3O2. The highest BCUT2D eigenvalue weighted by Crippen LogP contribution is 2.29. The zero-order chi connectivity index (χ0) is 14.8. The Balaban J connectivity index is 1.72. The van der Waals surface area contributed by atoms with Gasteiger partial charge in [0.15, 0.2) is 0 Å². The Morgan fingerprint density at radius 3 is 3.10 bits per heavy atom. The number of hydrogen-bond acceptors (Lipinski definition) is 3. The quantitative estimate of drug-likeness (QED) is 0.912. The van der Waals surface area contributed by atoms with Crippen LogP contribution in [0.15, 0.2) is 18.3 Å². The highest BCUT2D eigenvalue weighted by atomic mass is 16.5. The van der Waals surface area contributed by atoms with E-state index >= 15 is 0 Å². The zero-order valence-corrected chi connectivity index (χ0v) is 12.5. The number of carbonyl (C=O) groups is 1. The average Bonchev–Trinajstić information content (AvgIpc) is 2.91. The first-order valence-electron chi connectivity index (χ1n) is 7.50. The number of carbonyl (C=O) groups excluding carboxylic acids is 1. The topological polar surface area (TPSA) is 67.0 Å². The van der Waals surface area contributed by atoms with Crippen LogP contribution in [0, 0.1) is 6.92 Å². The third-order valence-electron chi connectivity index (χ3n) is 4.17. The van der Waals surface area contributed by atoms with Gasteiger partial charge < -0.3 is 10.1 Å². The molecule has 1 heterocycles. The molecular weight excluding hydrogens is 266 g/mol. The summed E-state index contributed by atoms with van der Waals surface area (Å²) in [5, 5.41) is 11.1.